The fourth-order valence-electron chi connectivity index (χ4n) is 4.86. The molecule has 2 aliphatic rings. The average molecular weight is 527 g/mol. The summed E-state index contributed by atoms with van der Waals surface area (Å²) in [5, 5.41) is 10.1. The predicted molar refractivity (Wildman–Crippen MR) is 147 cm³/mol. The van der Waals surface area contributed by atoms with E-state index < -0.39 is 5.91 Å². The lowest BCUT2D eigenvalue weighted by Crippen LogP contribution is -2.37. The summed E-state index contributed by atoms with van der Waals surface area (Å²) in [4.78, 5) is 37.0. The van der Waals surface area contributed by atoms with Gasteiger partial charge in [-0.3, -0.25) is 19.9 Å². The molecule has 9 nitrogen and oxygen atoms in total. The fourth-order valence-corrected chi connectivity index (χ4v) is 5.53. The zero-order valence-corrected chi connectivity index (χ0v) is 21.3. The highest BCUT2D eigenvalue weighted by Gasteiger charge is 2.25. The standard InChI is InChI=1S/C28H26N6O3S/c35-26-24(38-28(36)34-26)15-21-11-13-30-27(33-21)32-20-9-7-19(8-10-20)31-16-18-5-3-12-29-25(18)23-14-17-4-1-2-6-22(17)37-23/h1-6,11-15,19-20,31H,7-10,16H2,(H,30,32,33)(H,34,35,36). The van der Waals surface area contributed by atoms with E-state index in [4.69, 9.17) is 4.42 Å². The number of thioether (sulfide) groups is 1. The Bertz CT molecular complexity index is 1490. The first-order valence-electron chi connectivity index (χ1n) is 12.6. The number of nitrogens with zero attached hydrogens (tertiary/aromatic N) is 3. The minimum Gasteiger partial charge on any atom is -0.454 e. The molecule has 10 heteroatoms. The van der Waals surface area contributed by atoms with E-state index in [2.05, 4.69) is 37.0 Å². The first-order chi connectivity index (χ1) is 18.6. The van der Waals surface area contributed by atoms with Crippen LogP contribution in [0.2, 0.25) is 0 Å². The van der Waals surface area contributed by atoms with Crippen LogP contribution in [0.5, 0.6) is 0 Å². The maximum Gasteiger partial charge on any atom is 0.290 e. The normalized spacial score (nSPS) is 20.7. The molecule has 0 spiro atoms. The van der Waals surface area contributed by atoms with Crippen molar-refractivity contribution in [2.24, 2.45) is 0 Å². The second-order valence-corrected chi connectivity index (χ2v) is 10.4. The number of nitrogens with one attached hydrogen (secondary N) is 3. The number of amides is 2. The van der Waals surface area contributed by atoms with Gasteiger partial charge in [-0.1, -0.05) is 24.3 Å². The molecule has 0 bridgehead atoms. The molecule has 38 heavy (non-hydrogen) atoms. The van der Waals surface area contributed by atoms with Crippen LogP contribution in [0.4, 0.5) is 10.7 Å². The number of imide groups is 1. The van der Waals surface area contributed by atoms with Crippen LogP contribution in [0.3, 0.4) is 0 Å². The van der Waals surface area contributed by atoms with Crippen LogP contribution in [-0.4, -0.2) is 38.2 Å². The molecule has 1 aromatic carbocycles. The van der Waals surface area contributed by atoms with Gasteiger partial charge in [-0.05, 0) is 73.4 Å². The van der Waals surface area contributed by atoms with Gasteiger partial charge in [0.15, 0.2) is 5.76 Å². The van der Waals surface area contributed by atoms with Gasteiger partial charge in [0.1, 0.15) is 11.3 Å². The Labute approximate surface area is 223 Å². The lowest BCUT2D eigenvalue weighted by molar-refractivity contribution is -0.115. The number of fused-ring (bicyclic) bond motifs is 1. The molecule has 2 fully saturated rings. The van der Waals surface area contributed by atoms with Crippen molar-refractivity contribution in [3.8, 4) is 11.5 Å². The monoisotopic (exact) mass is 526 g/mol. The van der Waals surface area contributed by atoms with E-state index >= 15 is 0 Å². The Kier molecular flexibility index (Phi) is 6.89. The van der Waals surface area contributed by atoms with Crippen LogP contribution in [0, 0.1) is 0 Å². The van der Waals surface area contributed by atoms with Crippen LogP contribution >= 0.6 is 11.8 Å². The molecule has 1 aliphatic heterocycles. The predicted octanol–water partition coefficient (Wildman–Crippen LogP) is 5.12. The van der Waals surface area contributed by atoms with Gasteiger partial charge in [0.25, 0.3) is 11.1 Å². The van der Waals surface area contributed by atoms with E-state index in [9.17, 15) is 9.59 Å². The van der Waals surface area contributed by atoms with Crippen LogP contribution in [-0.2, 0) is 11.3 Å². The zero-order valence-electron chi connectivity index (χ0n) is 20.5. The topological polar surface area (TPSA) is 122 Å². The molecule has 4 heterocycles. The first-order valence-corrected chi connectivity index (χ1v) is 13.4. The van der Waals surface area contributed by atoms with Gasteiger partial charge < -0.3 is 15.1 Å². The number of benzene rings is 1. The fraction of sp³-hybridized carbons (Fsp3) is 0.250. The summed E-state index contributed by atoms with van der Waals surface area (Å²) >= 11 is 0.878. The van der Waals surface area contributed by atoms with Gasteiger partial charge in [-0.15, -0.1) is 0 Å². The average Bonchev–Trinajstić information content (AvgIpc) is 3.50. The minimum atomic E-state index is -0.394. The molecule has 1 saturated carbocycles. The van der Waals surface area contributed by atoms with E-state index in [1.807, 2.05) is 36.4 Å². The number of carbonyl (C=O) groups is 2. The third-order valence-electron chi connectivity index (χ3n) is 6.79. The second kappa shape index (κ2) is 10.8. The van der Waals surface area contributed by atoms with Gasteiger partial charge in [-0.25, -0.2) is 9.97 Å². The number of carbonyl (C=O) groups excluding carboxylic acids is 2. The molecule has 2 amide bonds. The highest BCUT2D eigenvalue weighted by Crippen LogP contribution is 2.29. The molecule has 1 aliphatic carbocycles. The smallest absolute Gasteiger partial charge is 0.290 e. The van der Waals surface area contributed by atoms with Gasteiger partial charge in [-0.2, -0.15) is 0 Å². The van der Waals surface area contributed by atoms with Crippen molar-refractivity contribution < 1.29 is 14.0 Å². The number of para-hydroxylation sites is 1. The SMILES string of the molecule is O=C1NC(=O)C(=Cc2ccnc(NC3CCC(NCc4cccnc4-c4cc5ccccc5o4)CC3)n2)S1. The van der Waals surface area contributed by atoms with Gasteiger partial charge in [0.2, 0.25) is 5.95 Å². The van der Waals surface area contributed by atoms with E-state index in [0.29, 0.717) is 22.6 Å². The Morgan fingerprint density at radius 3 is 2.66 bits per heavy atom. The number of furan rings is 1. The lowest BCUT2D eigenvalue weighted by Gasteiger charge is -2.30. The maximum atomic E-state index is 11.8. The third-order valence-corrected chi connectivity index (χ3v) is 7.60. The Morgan fingerprint density at radius 2 is 1.84 bits per heavy atom. The molecular weight excluding hydrogens is 500 g/mol. The summed E-state index contributed by atoms with van der Waals surface area (Å²) in [6, 6.07) is 16.5. The highest BCUT2D eigenvalue weighted by molar-refractivity contribution is 8.18. The van der Waals surface area contributed by atoms with Gasteiger partial charge in [0, 0.05) is 36.4 Å². The van der Waals surface area contributed by atoms with E-state index in [1.54, 1.807) is 24.5 Å². The number of pyridine rings is 1. The van der Waals surface area contributed by atoms with Crippen LogP contribution in [0.25, 0.3) is 28.5 Å². The number of hydrogen-bond acceptors (Lipinski definition) is 9. The van der Waals surface area contributed by atoms with Crippen molar-refractivity contribution in [3.05, 3.63) is 77.1 Å². The molecule has 0 radical (unpaired) electrons. The van der Waals surface area contributed by atoms with E-state index in [1.165, 1.54) is 0 Å². The Hall–Kier alpha value is -4.02. The second-order valence-electron chi connectivity index (χ2n) is 9.39. The Balaban J connectivity index is 1.04. The molecule has 192 valence electrons. The number of hydrogen-bond donors (Lipinski definition) is 3. The van der Waals surface area contributed by atoms with Crippen molar-refractivity contribution in [1.82, 2.24) is 25.6 Å². The van der Waals surface area contributed by atoms with E-state index in [0.717, 1.165) is 72.0 Å². The summed E-state index contributed by atoms with van der Waals surface area (Å²) in [6.07, 6.45) is 9.10. The molecule has 6 rings (SSSR count). The first kappa shape index (κ1) is 24.3. The quantitative estimate of drug-likeness (QED) is 0.282. The number of rotatable bonds is 7. The zero-order chi connectivity index (χ0) is 25.9. The van der Waals surface area contributed by atoms with Crippen LogP contribution in [0.15, 0.2) is 70.2 Å². The molecule has 0 atom stereocenters. The molecule has 0 unspecified atom stereocenters. The summed E-state index contributed by atoms with van der Waals surface area (Å²) in [7, 11) is 0. The summed E-state index contributed by atoms with van der Waals surface area (Å²) in [5.41, 5.74) is 3.43. The molecule has 3 aromatic heterocycles. The largest absolute Gasteiger partial charge is 0.454 e. The highest BCUT2D eigenvalue weighted by atomic mass is 32.2. The van der Waals surface area contributed by atoms with Crippen molar-refractivity contribution in [2.75, 3.05) is 5.32 Å². The molecule has 3 N–H and O–H groups in total. The van der Waals surface area contributed by atoms with Crippen molar-refractivity contribution in [2.45, 2.75) is 44.3 Å². The van der Waals surface area contributed by atoms with Crippen LogP contribution in [0.1, 0.15) is 36.9 Å². The lowest BCUT2D eigenvalue weighted by atomic mass is 9.91. The van der Waals surface area contributed by atoms with Crippen molar-refractivity contribution in [3.63, 3.8) is 0 Å². The van der Waals surface area contributed by atoms with Crippen molar-refractivity contribution in [1.29, 1.82) is 0 Å². The third kappa shape index (κ3) is 5.46. The molecular formula is C28H26N6O3S. The van der Waals surface area contributed by atoms with Crippen LogP contribution < -0.4 is 16.0 Å². The maximum absolute atomic E-state index is 11.8. The number of anilines is 1. The molecule has 1 saturated heterocycles. The van der Waals surface area contributed by atoms with E-state index in [-0.39, 0.29) is 11.3 Å². The summed E-state index contributed by atoms with van der Waals surface area (Å²) in [5.74, 6) is 0.916. The minimum absolute atomic E-state index is 0.270. The van der Waals surface area contributed by atoms with Gasteiger partial charge >= 0.3 is 0 Å². The Morgan fingerprint density at radius 1 is 1.00 bits per heavy atom. The molecule has 4 aromatic rings. The summed E-state index contributed by atoms with van der Waals surface area (Å²) in [6.45, 7) is 0.719. The summed E-state index contributed by atoms with van der Waals surface area (Å²) < 4.78 is 6.06. The van der Waals surface area contributed by atoms with Crippen molar-refractivity contribution >= 4 is 45.9 Å². The number of aromatic nitrogens is 3. The van der Waals surface area contributed by atoms with Gasteiger partial charge in [0.05, 0.1) is 10.6 Å².